The average Bonchev–Trinajstić information content (AvgIpc) is 3.21. The number of hydrogen-bond acceptors (Lipinski definition) is 7. The Hall–Kier alpha value is -2.36. The maximum absolute atomic E-state index is 12.7. The van der Waals surface area contributed by atoms with E-state index in [2.05, 4.69) is 4.98 Å². The molecule has 0 aliphatic carbocycles. The standard InChI is InChI=1S/C20H30N2O7S/c1-6-15-17(19(24)28-5)13(4)18(21-15)20(25)29-10-16(23)22(9-12(2)3)14-7-8-30(26,27)11-14/h12,14,21H,6-11H2,1-5H3. The van der Waals surface area contributed by atoms with E-state index in [9.17, 15) is 22.8 Å². The average molecular weight is 443 g/mol. The molecule has 1 aliphatic heterocycles. The number of hydrogen-bond donors (Lipinski definition) is 1. The molecule has 0 aromatic carbocycles. The minimum atomic E-state index is -3.16. The molecule has 0 bridgehead atoms. The number of carbonyl (C=O) groups excluding carboxylic acids is 3. The largest absolute Gasteiger partial charge is 0.465 e. The van der Waals surface area contributed by atoms with Crippen molar-refractivity contribution >= 4 is 27.7 Å². The zero-order valence-corrected chi connectivity index (χ0v) is 18.9. The number of aromatic nitrogens is 1. The molecule has 1 N–H and O–H groups in total. The Morgan fingerprint density at radius 2 is 1.90 bits per heavy atom. The van der Waals surface area contributed by atoms with Gasteiger partial charge in [-0.2, -0.15) is 0 Å². The van der Waals surface area contributed by atoms with E-state index in [0.29, 0.717) is 30.6 Å². The number of sulfone groups is 1. The van der Waals surface area contributed by atoms with E-state index in [4.69, 9.17) is 9.47 Å². The summed E-state index contributed by atoms with van der Waals surface area (Å²) in [6, 6.07) is -0.409. The van der Waals surface area contributed by atoms with Crippen LogP contribution in [0.25, 0.3) is 0 Å². The smallest absolute Gasteiger partial charge is 0.355 e. The van der Waals surface area contributed by atoms with Crippen molar-refractivity contribution in [3.8, 4) is 0 Å². The van der Waals surface area contributed by atoms with Gasteiger partial charge < -0.3 is 19.4 Å². The van der Waals surface area contributed by atoms with Gasteiger partial charge in [0, 0.05) is 18.3 Å². The minimum Gasteiger partial charge on any atom is -0.465 e. The Kier molecular flexibility index (Phi) is 7.68. The molecule has 1 aliphatic rings. The van der Waals surface area contributed by atoms with E-state index in [1.54, 1.807) is 6.92 Å². The summed E-state index contributed by atoms with van der Waals surface area (Å²) < 4.78 is 33.6. The molecular weight excluding hydrogens is 412 g/mol. The van der Waals surface area contributed by atoms with Crippen molar-refractivity contribution in [2.45, 2.75) is 46.6 Å². The van der Waals surface area contributed by atoms with E-state index in [-0.39, 0.29) is 28.7 Å². The van der Waals surface area contributed by atoms with Crippen molar-refractivity contribution in [3.05, 3.63) is 22.5 Å². The van der Waals surface area contributed by atoms with Crippen LogP contribution >= 0.6 is 0 Å². The summed E-state index contributed by atoms with van der Waals surface area (Å²) in [6.45, 7) is 7.17. The van der Waals surface area contributed by atoms with Crippen LogP contribution in [0.15, 0.2) is 0 Å². The third kappa shape index (κ3) is 5.41. The molecule has 2 heterocycles. The van der Waals surface area contributed by atoms with Crippen molar-refractivity contribution in [1.29, 1.82) is 0 Å². The molecule has 0 saturated carbocycles. The predicted molar refractivity (Wildman–Crippen MR) is 110 cm³/mol. The number of nitrogens with zero attached hydrogens (tertiary/aromatic N) is 1. The summed E-state index contributed by atoms with van der Waals surface area (Å²) in [5, 5.41) is 0. The van der Waals surface area contributed by atoms with Gasteiger partial charge in [0.15, 0.2) is 16.4 Å². The number of amides is 1. The van der Waals surface area contributed by atoms with Crippen molar-refractivity contribution < 1.29 is 32.3 Å². The Morgan fingerprint density at radius 1 is 1.23 bits per heavy atom. The predicted octanol–water partition coefficient (Wildman–Crippen LogP) is 1.50. The summed E-state index contributed by atoms with van der Waals surface area (Å²) in [4.78, 5) is 41.7. The Balaban J connectivity index is 2.13. The lowest BCUT2D eigenvalue weighted by Gasteiger charge is -2.29. The molecular formula is C20H30N2O7S. The number of methoxy groups -OCH3 is 1. The number of rotatable bonds is 8. The van der Waals surface area contributed by atoms with Gasteiger partial charge in [-0.05, 0) is 31.2 Å². The normalized spacial score (nSPS) is 17.7. The third-order valence-electron chi connectivity index (χ3n) is 5.13. The number of aryl methyl sites for hydroxylation is 1. The van der Waals surface area contributed by atoms with Crippen LogP contribution in [0.4, 0.5) is 0 Å². The summed E-state index contributed by atoms with van der Waals surface area (Å²) in [7, 11) is -1.89. The Morgan fingerprint density at radius 3 is 2.40 bits per heavy atom. The molecule has 0 radical (unpaired) electrons. The Bertz CT molecular complexity index is 918. The van der Waals surface area contributed by atoms with Crippen LogP contribution in [-0.2, 0) is 30.5 Å². The first-order chi connectivity index (χ1) is 14.0. The van der Waals surface area contributed by atoms with E-state index in [0.717, 1.165) is 0 Å². The first kappa shape index (κ1) is 23.9. The highest BCUT2D eigenvalue weighted by Gasteiger charge is 2.35. The quantitative estimate of drug-likeness (QED) is 0.605. The number of nitrogens with one attached hydrogen (secondary N) is 1. The number of esters is 2. The zero-order chi connectivity index (χ0) is 22.6. The molecule has 10 heteroatoms. The van der Waals surface area contributed by atoms with Crippen molar-refractivity contribution in [3.63, 3.8) is 0 Å². The van der Waals surface area contributed by atoms with Crippen LogP contribution in [0.5, 0.6) is 0 Å². The highest BCUT2D eigenvalue weighted by Crippen LogP contribution is 2.22. The van der Waals surface area contributed by atoms with Gasteiger partial charge in [0.2, 0.25) is 0 Å². The van der Waals surface area contributed by atoms with Crippen LogP contribution in [0.3, 0.4) is 0 Å². The van der Waals surface area contributed by atoms with Crippen molar-refractivity contribution in [1.82, 2.24) is 9.88 Å². The van der Waals surface area contributed by atoms with E-state index < -0.39 is 40.3 Å². The molecule has 1 unspecified atom stereocenters. The van der Waals surface area contributed by atoms with Crippen LogP contribution in [0.2, 0.25) is 0 Å². The fourth-order valence-corrected chi connectivity index (χ4v) is 5.39. The molecule has 1 saturated heterocycles. The minimum absolute atomic E-state index is 0.0527. The van der Waals surface area contributed by atoms with Gasteiger partial charge >= 0.3 is 11.9 Å². The van der Waals surface area contributed by atoms with Crippen LogP contribution < -0.4 is 0 Å². The van der Waals surface area contributed by atoms with Crippen molar-refractivity contribution in [2.24, 2.45) is 5.92 Å². The van der Waals surface area contributed by atoms with Crippen LogP contribution in [-0.4, -0.2) is 74.0 Å². The van der Waals surface area contributed by atoms with Crippen molar-refractivity contribution in [2.75, 3.05) is 31.8 Å². The maximum atomic E-state index is 12.7. The first-order valence-electron chi connectivity index (χ1n) is 9.97. The van der Waals surface area contributed by atoms with E-state index >= 15 is 0 Å². The van der Waals surface area contributed by atoms with Gasteiger partial charge in [-0.1, -0.05) is 20.8 Å². The highest BCUT2D eigenvalue weighted by molar-refractivity contribution is 7.91. The summed E-state index contributed by atoms with van der Waals surface area (Å²) in [5.74, 6) is -1.63. The number of H-pyrrole nitrogens is 1. The molecule has 0 spiro atoms. The molecule has 1 aromatic rings. The summed E-state index contributed by atoms with van der Waals surface area (Å²) >= 11 is 0. The van der Waals surface area contributed by atoms with Gasteiger partial charge in [-0.3, -0.25) is 4.79 Å². The fourth-order valence-electron chi connectivity index (χ4n) is 3.66. The molecule has 1 aromatic heterocycles. The molecule has 2 rings (SSSR count). The third-order valence-corrected chi connectivity index (χ3v) is 6.88. The molecule has 9 nitrogen and oxygen atoms in total. The first-order valence-corrected chi connectivity index (χ1v) is 11.8. The van der Waals surface area contributed by atoms with Crippen LogP contribution in [0.1, 0.15) is 59.3 Å². The Labute approximate surface area is 177 Å². The fraction of sp³-hybridized carbons (Fsp3) is 0.650. The van der Waals surface area contributed by atoms with Gasteiger partial charge in [-0.25, -0.2) is 18.0 Å². The number of carbonyl (C=O) groups is 3. The monoisotopic (exact) mass is 442 g/mol. The summed E-state index contributed by atoms with van der Waals surface area (Å²) in [5.41, 5.74) is 1.34. The lowest BCUT2D eigenvalue weighted by atomic mass is 10.1. The lowest BCUT2D eigenvalue weighted by molar-refractivity contribution is -0.137. The van der Waals surface area contributed by atoms with Crippen LogP contribution in [0, 0.1) is 12.8 Å². The van der Waals surface area contributed by atoms with Gasteiger partial charge in [-0.15, -0.1) is 0 Å². The molecule has 1 atom stereocenters. The molecule has 1 fully saturated rings. The topological polar surface area (TPSA) is 123 Å². The zero-order valence-electron chi connectivity index (χ0n) is 18.1. The molecule has 168 valence electrons. The number of ether oxygens (including phenoxy) is 2. The number of aromatic amines is 1. The van der Waals surface area contributed by atoms with Gasteiger partial charge in [0.05, 0.1) is 24.2 Å². The van der Waals surface area contributed by atoms with E-state index in [1.807, 2.05) is 20.8 Å². The second kappa shape index (κ2) is 9.63. The van der Waals surface area contributed by atoms with Gasteiger partial charge in [0.1, 0.15) is 5.69 Å². The molecule has 1 amide bonds. The van der Waals surface area contributed by atoms with E-state index in [1.165, 1.54) is 12.0 Å². The second-order valence-corrected chi connectivity index (χ2v) is 10.1. The lowest BCUT2D eigenvalue weighted by Crippen LogP contribution is -2.45. The highest BCUT2D eigenvalue weighted by atomic mass is 32.2. The maximum Gasteiger partial charge on any atom is 0.355 e. The second-order valence-electron chi connectivity index (χ2n) is 7.90. The summed E-state index contributed by atoms with van der Waals surface area (Å²) in [6.07, 6.45) is 0.864. The molecule has 30 heavy (non-hydrogen) atoms. The SMILES string of the molecule is CCc1[nH]c(C(=O)OCC(=O)N(CC(C)C)C2CCS(=O)(=O)C2)c(C)c1C(=O)OC. The van der Waals surface area contributed by atoms with Gasteiger partial charge in [0.25, 0.3) is 5.91 Å².